The molecule has 3 aliphatic rings. The smallest absolute Gasteiger partial charge is 0.160 e. The molecule has 1 unspecified atom stereocenters. The van der Waals surface area contributed by atoms with Crippen LogP contribution in [0.1, 0.15) is 55.9 Å². The summed E-state index contributed by atoms with van der Waals surface area (Å²) in [5.74, 6) is 1.10. The van der Waals surface area contributed by atoms with Crippen LogP contribution in [0.4, 0.5) is 0 Å². The minimum atomic E-state index is -2.38. The van der Waals surface area contributed by atoms with Gasteiger partial charge in [-0.05, 0) is 53.5 Å². The lowest BCUT2D eigenvalue weighted by atomic mass is 9.79. The van der Waals surface area contributed by atoms with Gasteiger partial charge in [0.25, 0.3) is 0 Å². The van der Waals surface area contributed by atoms with Crippen LogP contribution in [0.2, 0.25) is 11.1 Å². The molecule has 7 rings (SSSR count). The minimum Gasteiger partial charge on any atom is -0.404 e. The van der Waals surface area contributed by atoms with Crippen LogP contribution in [0.15, 0.2) is 109 Å². The Labute approximate surface area is 240 Å². The normalized spacial score (nSPS) is 20.6. The van der Waals surface area contributed by atoms with Crippen LogP contribution in [0, 0.1) is 0 Å². The fourth-order valence-corrected chi connectivity index (χ4v) is 14.0. The maximum absolute atomic E-state index is 7.08. The molecule has 0 radical (unpaired) electrons. The summed E-state index contributed by atoms with van der Waals surface area (Å²) < 4.78 is 0. The highest BCUT2D eigenvalue weighted by molar-refractivity contribution is 7.04. The monoisotopic (exact) mass is 541 g/mol. The highest BCUT2D eigenvalue weighted by Gasteiger charge is 2.61. The third-order valence-corrected chi connectivity index (χ3v) is 16.2. The van der Waals surface area contributed by atoms with Crippen LogP contribution in [-0.4, -0.2) is 25.2 Å². The molecule has 0 amide bonds. The van der Waals surface area contributed by atoms with E-state index in [4.69, 9.17) is 4.84 Å². The third-order valence-electron chi connectivity index (χ3n) is 9.91. The molecule has 4 aromatic carbocycles. The number of aryl methyl sites for hydroxylation is 2. The lowest BCUT2D eigenvalue weighted by Crippen LogP contribution is -2.68. The van der Waals surface area contributed by atoms with E-state index in [1.54, 1.807) is 0 Å². The average molecular weight is 542 g/mol. The summed E-state index contributed by atoms with van der Waals surface area (Å²) in [6, 6.07) is 42.1. The van der Waals surface area contributed by atoms with Crippen LogP contribution < -0.4 is 10.4 Å². The first kappa shape index (κ1) is 25.6. The van der Waals surface area contributed by atoms with E-state index in [9.17, 15) is 0 Å². The minimum absolute atomic E-state index is 0.0844. The fraction of sp³-hybridized carbons (Fsp3) is 0.297. The van der Waals surface area contributed by atoms with Crippen LogP contribution in [-0.2, 0) is 17.7 Å². The van der Waals surface area contributed by atoms with E-state index in [0.29, 0.717) is 0 Å². The van der Waals surface area contributed by atoms with Crippen molar-refractivity contribution in [2.24, 2.45) is 0 Å². The van der Waals surface area contributed by atoms with Crippen molar-refractivity contribution in [3.63, 3.8) is 0 Å². The van der Waals surface area contributed by atoms with E-state index < -0.39 is 8.07 Å². The van der Waals surface area contributed by atoms with Crippen molar-refractivity contribution < 1.29 is 4.84 Å². The van der Waals surface area contributed by atoms with Gasteiger partial charge >= 0.3 is 0 Å². The van der Waals surface area contributed by atoms with Gasteiger partial charge in [-0.25, -0.2) is 0 Å². The maximum Gasteiger partial charge on any atom is 0.160 e. The predicted molar refractivity (Wildman–Crippen MR) is 169 cm³/mol. The molecule has 0 bridgehead atoms. The van der Waals surface area contributed by atoms with E-state index in [1.165, 1.54) is 38.2 Å². The van der Waals surface area contributed by atoms with Crippen molar-refractivity contribution in [2.75, 3.05) is 6.54 Å². The lowest BCUT2D eigenvalue weighted by Gasteiger charge is -2.49. The number of hydroxylamine groups is 2. The second-order valence-corrected chi connectivity index (χ2v) is 17.7. The molecule has 0 N–H and O–H groups in total. The van der Waals surface area contributed by atoms with Crippen molar-refractivity contribution in [2.45, 2.75) is 63.1 Å². The first-order chi connectivity index (χ1) is 19.4. The van der Waals surface area contributed by atoms with E-state index in [-0.39, 0.29) is 10.6 Å². The van der Waals surface area contributed by atoms with Gasteiger partial charge in [-0.1, -0.05) is 140 Å². The zero-order valence-electron chi connectivity index (χ0n) is 24.0. The molecule has 0 spiro atoms. The molecule has 1 aliphatic carbocycles. The Morgan fingerprint density at radius 3 is 1.82 bits per heavy atom. The molecule has 0 saturated carbocycles. The second-order valence-electron chi connectivity index (χ2n) is 12.9. The number of fused-ring (bicyclic) bond motifs is 6. The first-order valence-corrected chi connectivity index (χ1v) is 17.1. The Balaban J connectivity index is 1.54. The summed E-state index contributed by atoms with van der Waals surface area (Å²) in [5.41, 5.74) is 6.77. The molecule has 3 heteroatoms. The molecule has 0 aromatic heterocycles. The topological polar surface area (TPSA) is 12.5 Å². The van der Waals surface area contributed by atoms with E-state index in [1.807, 2.05) is 0 Å². The van der Waals surface area contributed by atoms with Crippen molar-refractivity contribution in [1.29, 1.82) is 0 Å². The number of nitrogens with zero attached hydrogens (tertiary/aromatic N) is 1. The zero-order chi connectivity index (χ0) is 27.4. The van der Waals surface area contributed by atoms with Gasteiger partial charge < -0.3 is 4.84 Å². The zero-order valence-corrected chi connectivity index (χ0v) is 25.0. The molecule has 2 nitrogen and oxygen atoms in total. The van der Waals surface area contributed by atoms with Crippen molar-refractivity contribution in [3.8, 4) is 0 Å². The summed E-state index contributed by atoms with van der Waals surface area (Å²) in [6.07, 6.45) is 4.36. The Hall–Kier alpha value is -3.40. The lowest BCUT2D eigenvalue weighted by molar-refractivity contribution is -0.0987. The van der Waals surface area contributed by atoms with E-state index in [0.717, 1.165) is 44.0 Å². The molecule has 2 heterocycles. The molecule has 40 heavy (non-hydrogen) atoms. The third kappa shape index (κ3) is 3.78. The van der Waals surface area contributed by atoms with Gasteiger partial charge in [-0.3, -0.25) is 0 Å². The van der Waals surface area contributed by atoms with Crippen molar-refractivity contribution in [3.05, 3.63) is 131 Å². The molecule has 1 atom stereocenters. The number of benzene rings is 4. The number of hydrogen-bond donors (Lipinski definition) is 0. The summed E-state index contributed by atoms with van der Waals surface area (Å²) in [4.78, 5) is 7.08. The standard InChI is InChI=1S/C37H39NOSi/c1-36(2,3)40(30-17-6-4-7-18-30,31-19-8-5-9-20-31)27-37-25-14-26-38(37)39-35-33-22-13-11-16-29(33)24-23-28-15-10-12-21-32(28)34(35)37/h4-13,15-22H,14,23-27H2,1-3H3. The van der Waals surface area contributed by atoms with Gasteiger partial charge in [0, 0.05) is 17.7 Å². The average Bonchev–Trinajstić information content (AvgIpc) is 3.50. The van der Waals surface area contributed by atoms with Gasteiger partial charge in [0.2, 0.25) is 0 Å². The van der Waals surface area contributed by atoms with Gasteiger partial charge in [0.15, 0.2) is 5.76 Å². The Morgan fingerprint density at radius 1 is 0.700 bits per heavy atom. The number of rotatable bonds is 4. The van der Waals surface area contributed by atoms with E-state index >= 15 is 0 Å². The number of hydrogen-bond acceptors (Lipinski definition) is 2. The SMILES string of the molecule is CC(C)(C)[Si](CC12CCCN1OC1=C2c2ccccc2CCc2ccccc21)(c1ccccc1)c1ccccc1. The molecular formula is C37H39NOSi. The highest BCUT2D eigenvalue weighted by atomic mass is 28.3. The van der Waals surface area contributed by atoms with Gasteiger partial charge in [0.1, 0.15) is 8.07 Å². The molecule has 202 valence electrons. The Morgan fingerprint density at radius 2 is 1.23 bits per heavy atom. The Bertz CT molecular complexity index is 1530. The Kier molecular flexibility index (Phi) is 6.14. The predicted octanol–water partition coefficient (Wildman–Crippen LogP) is 7.50. The largest absolute Gasteiger partial charge is 0.404 e. The van der Waals surface area contributed by atoms with E-state index in [2.05, 4.69) is 135 Å². The summed E-state index contributed by atoms with van der Waals surface area (Å²) in [5, 5.41) is 5.53. The molecule has 1 saturated heterocycles. The molecule has 2 aliphatic heterocycles. The maximum atomic E-state index is 7.08. The highest BCUT2D eigenvalue weighted by Crippen LogP contribution is 2.58. The van der Waals surface area contributed by atoms with Gasteiger partial charge in [-0.2, -0.15) is 0 Å². The van der Waals surface area contributed by atoms with Crippen LogP contribution >= 0.6 is 0 Å². The van der Waals surface area contributed by atoms with Crippen LogP contribution in [0.25, 0.3) is 11.3 Å². The van der Waals surface area contributed by atoms with Gasteiger partial charge in [0.05, 0.1) is 5.54 Å². The van der Waals surface area contributed by atoms with Crippen LogP contribution in [0.5, 0.6) is 0 Å². The van der Waals surface area contributed by atoms with Crippen LogP contribution in [0.3, 0.4) is 0 Å². The van der Waals surface area contributed by atoms with Crippen molar-refractivity contribution >= 4 is 29.8 Å². The molecule has 4 aromatic rings. The second kappa shape index (κ2) is 9.61. The molecule has 1 fully saturated rings. The first-order valence-electron chi connectivity index (χ1n) is 14.9. The fourth-order valence-electron chi connectivity index (χ4n) is 8.02. The molecular weight excluding hydrogens is 502 g/mol. The van der Waals surface area contributed by atoms with Crippen molar-refractivity contribution in [1.82, 2.24) is 5.06 Å². The summed E-state index contributed by atoms with van der Waals surface area (Å²) >= 11 is 0. The quantitative estimate of drug-likeness (QED) is 0.248. The summed E-state index contributed by atoms with van der Waals surface area (Å²) in [7, 11) is -2.38. The van der Waals surface area contributed by atoms with Gasteiger partial charge in [-0.15, -0.1) is 5.06 Å². The summed E-state index contributed by atoms with van der Waals surface area (Å²) in [6.45, 7) is 8.43.